The third-order valence-corrected chi connectivity index (χ3v) is 2.67. The SMILES string of the molecule is Bc1cc(Cl)c2ccccc2c1C=O. The molecule has 2 aromatic carbocycles. The van der Waals surface area contributed by atoms with Gasteiger partial charge in [0.1, 0.15) is 14.1 Å². The quantitative estimate of drug-likeness (QED) is 0.507. The molecule has 0 aliphatic carbocycles. The van der Waals surface area contributed by atoms with E-state index in [0.29, 0.717) is 5.02 Å². The van der Waals surface area contributed by atoms with E-state index in [0.717, 1.165) is 28.1 Å². The lowest BCUT2D eigenvalue weighted by Crippen LogP contribution is -2.10. The molecule has 0 saturated carbocycles. The van der Waals surface area contributed by atoms with Gasteiger partial charge in [0.2, 0.25) is 0 Å². The predicted molar refractivity (Wildman–Crippen MR) is 62.5 cm³/mol. The summed E-state index contributed by atoms with van der Waals surface area (Å²) in [4.78, 5) is 10.9. The number of aldehydes is 1. The highest BCUT2D eigenvalue weighted by Gasteiger charge is 2.06. The molecule has 0 spiro atoms. The number of halogens is 1. The van der Waals surface area contributed by atoms with Gasteiger partial charge in [-0.15, -0.1) is 0 Å². The van der Waals surface area contributed by atoms with Crippen molar-refractivity contribution in [3.8, 4) is 0 Å². The molecule has 0 atom stereocenters. The first kappa shape index (κ1) is 9.29. The maximum Gasteiger partial charge on any atom is 0.150 e. The van der Waals surface area contributed by atoms with Crippen molar-refractivity contribution in [2.24, 2.45) is 0 Å². The summed E-state index contributed by atoms with van der Waals surface area (Å²) < 4.78 is 0. The van der Waals surface area contributed by atoms with Gasteiger partial charge in [-0.3, -0.25) is 4.79 Å². The van der Waals surface area contributed by atoms with Gasteiger partial charge in [0, 0.05) is 16.0 Å². The van der Waals surface area contributed by atoms with Crippen molar-refractivity contribution in [3.05, 3.63) is 40.9 Å². The lowest BCUT2D eigenvalue weighted by molar-refractivity contribution is 0.112. The monoisotopic (exact) mass is 202 g/mol. The molecule has 0 aromatic heterocycles. The van der Waals surface area contributed by atoms with E-state index < -0.39 is 0 Å². The molecule has 14 heavy (non-hydrogen) atoms. The molecule has 0 aliphatic rings. The molecule has 68 valence electrons. The van der Waals surface area contributed by atoms with Crippen molar-refractivity contribution < 1.29 is 4.79 Å². The fourth-order valence-corrected chi connectivity index (χ4v) is 1.97. The first-order chi connectivity index (χ1) is 6.74. The lowest BCUT2D eigenvalue weighted by atomic mass is 9.87. The average molecular weight is 202 g/mol. The summed E-state index contributed by atoms with van der Waals surface area (Å²) in [7, 11) is 1.89. The minimum absolute atomic E-state index is 0.698. The Morgan fingerprint density at radius 2 is 1.86 bits per heavy atom. The number of fused-ring (bicyclic) bond motifs is 1. The zero-order valence-electron chi connectivity index (χ0n) is 7.75. The third kappa shape index (κ3) is 1.32. The normalized spacial score (nSPS) is 10.4. The highest BCUT2D eigenvalue weighted by Crippen LogP contribution is 2.23. The third-order valence-electron chi connectivity index (χ3n) is 2.36. The number of rotatable bonds is 1. The van der Waals surface area contributed by atoms with Crippen molar-refractivity contribution >= 4 is 42.0 Å². The van der Waals surface area contributed by atoms with Crippen LogP contribution in [0.15, 0.2) is 30.3 Å². The zero-order chi connectivity index (χ0) is 10.1. The van der Waals surface area contributed by atoms with E-state index in [-0.39, 0.29) is 0 Å². The Morgan fingerprint density at radius 1 is 1.21 bits per heavy atom. The number of benzene rings is 2. The van der Waals surface area contributed by atoms with Crippen molar-refractivity contribution in [1.82, 2.24) is 0 Å². The minimum atomic E-state index is 0.698. The Morgan fingerprint density at radius 3 is 2.50 bits per heavy atom. The summed E-state index contributed by atoms with van der Waals surface area (Å²) in [6.45, 7) is 0. The Bertz CT molecular complexity index is 508. The van der Waals surface area contributed by atoms with Crippen LogP contribution in [0.1, 0.15) is 10.4 Å². The fraction of sp³-hybridized carbons (Fsp3) is 0. The van der Waals surface area contributed by atoms with Gasteiger partial charge >= 0.3 is 0 Å². The van der Waals surface area contributed by atoms with E-state index in [9.17, 15) is 4.79 Å². The second-order valence-electron chi connectivity index (χ2n) is 3.25. The summed E-state index contributed by atoms with van der Waals surface area (Å²) in [5.41, 5.74) is 1.65. The summed E-state index contributed by atoms with van der Waals surface area (Å²) in [6.07, 6.45) is 0.883. The molecule has 0 saturated heterocycles. The summed E-state index contributed by atoms with van der Waals surface area (Å²) >= 11 is 6.08. The second-order valence-corrected chi connectivity index (χ2v) is 3.66. The van der Waals surface area contributed by atoms with Crippen molar-refractivity contribution in [1.29, 1.82) is 0 Å². The van der Waals surface area contributed by atoms with Crippen LogP contribution in [0.5, 0.6) is 0 Å². The molecule has 0 heterocycles. The lowest BCUT2D eigenvalue weighted by Gasteiger charge is -2.06. The van der Waals surface area contributed by atoms with Crippen LogP contribution in [0.4, 0.5) is 0 Å². The Kier molecular flexibility index (Phi) is 2.30. The Hall–Kier alpha value is -1.28. The van der Waals surface area contributed by atoms with Gasteiger partial charge < -0.3 is 0 Å². The molecule has 0 amide bonds. The van der Waals surface area contributed by atoms with E-state index in [1.54, 1.807) is 0 Å². The second kappa shape index (κ2) is 3.47. The van der Waals surface area contributed by atoms with Crippen molar-refractivity contribution in [2.45, 2.75) is 0 Å². The van der Waals surface area contributed by atoms with Crippen LogP contribution in [-0.4, -0.2) is 14.1 Å². The van der Waals surface area contributed by atoms with Gasteiger partial charge in [-0.25, -0.2) is 0 Å². The zero-order valence-corrected chi connectivity index (χ0v) is 8.51. The van der Waals surface area contributed by atoms with E-state index in [1.807, 2.05) is 38.2 Å². The topological polar surface area (TPSA) is 17.1 Å². The Labute approximate surface area is 88.1 Å². The fourth-order valence-electron chi connectivity index (χ4n) is 1.64. The molecule has 0 aliphatic heterocycles. The van der Waals surface area contributed by atoms with Gasteiger partial charge in [0.05, 0.1) is 0 Å². The number of hydrogen-bond acceptors (Lipinski definition) is 1. The van der Waals surface area contributed by atoms with Gasteiger partial charge in [-0.1, -0.05) is 41.3 Å². The maximum absolute atomic E-state index is 10.9. The van der Waals surface area contributed by atoms with Gasteiger partial charge in [-0.2, -0.15) is 0 Å². The molecule has 0 fully saturated rings. The number of hydrogen-bond donors (Lipinski definition) is 0. The molecule has 2 aromatic rings. The summed E-state index contributed by atoms with van der Waals surface area (Å²) in [5.74, 6) is 0. The Balaban J connectivity index is 2.97. The van der Waals surface area contributed by atoms with Crippen LogP contribution in [0.25, 0.3) is 10.8 Å². The highest BCUT2D eigenvalue weighted by atomic mass is 35.5. The van der Waals surface area contributed by atoms with E-state index in [2.05, 4.69) is 0 Å². The van der Waals surface area contributed by atoms with Gasteiger partial charge in [0.25, 0.3) is 0 Å². The molecule has 0 N–H and O–H groups in total. The largest absolute Gasteiger partial charge is 0.298 e. The predicted octanol–water partition coefficient (Wildman–Crippen LogP) is 1.56. The first-order valence-electron chi connectivity index (χ1n) is 4.37. The summed E-state index contributed by atoms with van der Waals surface area (Å²) in [5, 5.41) is 2.55. The van der Waals surface area contributed by atoms with Crippen LogP contribution in [0.2, 0.25) is 5.02 Å². The van der Waals surface area contributed by atoms with E-state index >= 15 is 0 Å². The molecule has 0 unspecified atom stereocenters. The van der Waals surface area contributed by atoms with Gasteiger partial charge in [0.15, 0.2) is 0 Å². The van der Waals surface area contributed by atoms with Crippen LogP contribution >= 0.6 is 11.6 Å². The van der Waals surface area contributed by atoms with Crippen LogP contribution < -0.4 is 5.46 Å². The molecule has 0 radical (unpaired) electrons. The van der Waals surface area contributed by atoms with Crippen LogP contribution in [0, 0.1) is 0 Å². The van der Waals surface area contributed by atoms with Crippen LogP contribution in [0.3, 0.4) is 0 Å². The van der Waals surface area contributed by atoms with Crippen molar-refractivity contribution in [3.63, 3.8) is 0 Å². The number of carbonyl (C=O) groups excluding carboxylic acids is 1. The molecule has 0 bridgehead atoms. The first-order valence-corrected chi connectivity index (χ1v) is 4.75. The molecule has 2 rings (SSSR count). The smallest absolute Gasteiger partial charge is 0.150 e. The van der Waals surface area contributed by atoms with Gasteiger partial charge in [-0.05, 0) is 11.5 Å². The molecule has 3 heteroatoms. The molecular formula is C11H8BClO. The molecular weight excluding hydrogens is 194 g/mol. The molecule has 1 nitrogen and oxygen atoms in total. The van der Waals surface area contributed by atoms with E-state index in [1.165, 1.54) is 0 Å². The minimum Gasteiger partial charge on any atom is -0.298 e. The average Bonchev–Trinajstić information content (AvgIpc) is 2.18. The summed E-state index contributed by atoms with van der Waals surface area (Å²) in [6, 6.07) is 9.49. The number of carbonyl (C=O) groups is 1. The van der Waals surface area contributed by atoms with Crippen LogP contribution in [-0.2, 0) is 0 Å². The van der Waals surface area contributed by atoms with Crippen molar-refractivity contribution in [2.75, 3.05) is 0 Å². The highest BCUT2D eigenvalue weighted by molar-refractivity contribution is 6.42. The maximum atomic E-state index is 10.9. The standard InChI is InChI=1S/C11H8BClO/c12-10-5-11(13)8-4-2-1-3-7(8)9(10)6-14/h1-6H,12H2. The van der Waals surface area contributed by atoms with E-state index in [4.69, 9.17) is 11.6 Å².